The third kappa shape index (κ3) is 4.14. The lowest BCUT2D eigenvalue weighted by Crippen LogP contribution is -2.38. The van der Waals surface area contributed by atoms with E-state index in [-0.39, 0.29) is 42.5 Å². The number of carbonyl (C=O) groups is 1. The van der Waals surface area contributed by atoms with Gasteiger partial charge in [0.2, 0.25) is 0 Å². The summed E-state index contributed by atoms with van der Waals surface area (Å²) in [6, 6.07) is 6.93. The first kappa shape index (κ1) is 22.1. The first-order valence-electron chi connectivity index (χ1n) is 8.86. The van der Waals surface area contributed by atoms with Crippen LogP contribution in [0.2, 0.25) is 0 Å². The van der Waals surface area contributed by atoms with Gasteiger partial charge in [0.05, 0.1) is 17.3 Å². The van der Waals surface area contributed by atoms with Gasteiger partial charge in [-0.15, -0.1) is 24.8 Å². The summed E-state index contributed by atoms with van der Waals surface area (Å²) in [5, 5.41) is 0.883. The molecule has 0 saturated carbocycles. The highest BCUT2D eigenvalue weighted by Gasteiger charge is 2.27. The average molecular weight is 425 g/mol. The largest absolute Gasteiger partial charge is 0.359 e. The van der Waals surface area contributed by atoms with Gasteiger partial charge in [-0.3, -0.25) is 9.78 Å². The van der Waals surface area contributed by atoms with E-state index in [1.807, 2.05) is 17.0 Å². The number of nitrogens with two attached hydrogens (primary N) is 1. The number of amides is 1. The van der Waals surface area contributed by atoms with Crippen LogP contribution in [0.3, 0.4) is 0 Å². The maximum atomic E-state index is 14.2. The first-order chi connectivity index (χ1) is 12.7. The molecule has 5 nitrogen and oxygen atoms in total. The zero-order chi connectivity index (χ0) is 18.1. The molecule has 28 heavy (non-hydrogen) atoms. The minimum Gasteiger partial charge on any atom is -0.359 e. The molecule has 1 saturated heterocycles. The lowest BCUT2D eigenvalue weighted by Gasteiger charge is -2.32. The number of aromatic nitrogens is 2. The van der Waals surface area contributed by atoms with Crippen LogP contribution < -0.4 is 5.73 Å². The van der Waals surface area contributed by atoms with Crippen molar-refractivity contribution in [3.8, 4) is 0 Å². The molecule has 8 heteroatoms. The number of aromatic amines is 1. The molecule has 150 valence electrons. The zero-order valence-corrected chi connectivity index (χ0v) is 16.9. The molecule has 3 N–H and O–H groups in total. The van der Waals surface area contributed by atoms with Gasteiger partial charge in [-0.1, -0.05) is 12.1 Å². The molecule has 0 bridgehead atoms. The Bertz CT molecular complexity index is 954. The third-order valence-corrected chi connectivity index (χ3v) is 5.23. The van der Waals surface area contributed by atoms with E-state index in [0.717, 1.165) is 34.9 Å². The van der Waals surface area contributed by atoms with Crippen molar-refractivity contribution in [2.45, 2.75) is 25.3 Å². The highest BCUT2D eigenvalue weighted by molar-refractivity contribution is 6.06. The summed E-state index contributed by atoms with van der Waals surface area (Å²) in [6.07, 6.45) is 6.64. The highest BCUT2D eigenvalue weighted by Crippen LogP contribution is 2.31. The predicted octanol–water partition coefficient (Wildman–Crippen LogP) is 4.02. The van der Waals surface area contributed by atoms with E-state index in [1.165, 1.54) is 6.07 Å². The Morgan fingerprint density at radius 2 is 2.00 bits per heavy atom. The van der Waals surface area contributed by atoms with Crippen LogP contribution in [0.15, 0.2) is 42.9 Å². The normalized spacial score (nSPS) is 14.4. The molecule has 0 aliphatic carbocycles. The highest BCUT2D eigenvalue weighted by atomic mass is 35.5. The van der Waals surface area contributed by atoms with Gasteiger partial charge in [0, 0.05) is 37.4 Å². The molecule has 0 atom stereocenters. The van der Waals surface area contributed by atoms with Crippen molar-refractivity contribution in [1.29, 1.82) is 0 Å². The number of likely N-dealkylation sites (tertiary alicyclic amines) is 1. The fourth-order valence-corrected chi connectivity index (χ4v) is 3.75. The standard InChI is InChI=1S/C20H21FN4O.2ClH/c21-18-2-1-13(10-22)9-16(18)14-4-7-25(8-5-14)20(26)17-11-24-19-12-23-6-3-15(17)19;;/h1-3,6,9,11-12,14,24H,4-5,7-8,10,22H2;2*1H. The Morgan fingerprint density at radius 3 is 2.71 bits per heavy atom. The maximum absolute atomic E-state index is 14.2. The Morgan fingerprint density at radius 1 is 1.25 bits per heavy atom. The van der Waals surface area contributed by atoms with Crippen molar-refractivity contribution in [3.05, 3.63) is 65.4 Å². The summed E-state index contributed by atoms with van der Waals surface area (Å²) in [5.74, 6) is -0.0501. The Balaban J connectivity index is 0.00000140. The first-order valence-corrected chi connectivity index (χ1v) is 8.86. The van der Waals surface area contributed by atoms with Gasteiger partial charge in [0.15, 0.2) is 0 Å². The zero-order valence-electron chi connectivity index (χ0n) is 15.2. The molecule has 1 amide bonds. The van der Waals surface area contributed by atoms with Crippen LogP contribution in [-0.4, -0.2) is 33.9 Å². The molecule has 2 aromatic heterocycles. The number of carbonyl (C=O) groups excluding carboxylic acids is 1. The predicted molar refractivity (Wildman–Crippen MR) is 113 cm³/mol. The number of benzene rings is 1. The summed E-state index contributed by atoms with van der Waals surface area (Å²) in [6.45, 7) is 1.64. The summed E-state index contributed by atoms with van der Waals surface area (Å²) in [4.78, 5) is 21.9. The van der Waals surface area contributed by atoms with Crippen LogP contribution >= 0.6 is 24.8 Å². The Hall–Kier alpha value is -2.15. The molecule has 4 rings (SSSR count). The van der Waals surface area contributed by atoms with Gasteiger partial charge in [0.25, 0.3) is 5.91 Å². The molecular formula is C20H23Cl2FN4O. The van der Waals surface area contributed by atoms with Crippen LogP contribution in [0.25, 0.3) is 10.9 Å². The summed E-state index contributed by atoms with van der Waals surface area (Å²) < 4.78 is 14.2. The molecule has 1 aliphatic rings. The molecular weight excluding hydrogens is 402 g/mol. The van der Waals surface area contributed by atoms with Crippen molar-refractivity contribution in [1.82, 2.24) is 14.9 Å². The second-order valence-corrected chi connectivity index (χ2v) is 6.75. The number of pyridine rings is 1. The van der Waals surface area contributed by atoms with E-state index in [0.29, 0.717) is 25.2 Å². The van der Waals surface area contributed by atoms with Crippen LogP contribution in [0, 0.1) is 5.82 Å². The van der Waals surface area contributed by atoms with E-state index < -0.39 is 0 Å². The van der Waals surface area contributed by atoms with Gasteiger partial charge in [-0.25, -0.2) is 4.39 Å². The Labute approximate surface area is 175 Å². The minimum absolute atomic E-state index is 0. The van der Waals surface area contributed by atoms with Crippen LogP contribution in [0.5, 0.6) is 0 Å². The molecule has 1 aliphatic heterocycles. The fourth-order valence-electron chi connectivity index (χ4n) is 3.75. The lowest BCUT2D eigenvalue weighted by atomic mass is 9.88. The van der Waals surface area contributed by atoms with Crippen molar-refractivity contribution < 1.29 is 9.18 Å². The topological polar surface area (TPSA) is 75.0 Å². The summed E-state index contributed by atoms with van der Waals surface area (Å²) >= 11 is 0. The van der Waals surface area contributed by atoms with Crippen molar-refractivity contribution in [2.24, 2.45) is 5.73 Å². The summed E-state index contributed by atoms with van der Waals surface area (Å²) in [5.41, 5.74) is 8.85. The van der Waals surface area contributed by atoms with Gasteiger partial charge in [-0.05, 0) is 42.0 Å². The molecule has 0 spiro atoms. The molecule has 3 heterocycles. The fraction of sp³-hybridized carbons (Fsp3) is 0.300. The number of fused-ring (bicyclic) bond motifs is 1. The summed E-state index contributed by atoms with van der Waals surface area (Å²) in [7, 11) is 0. The van der Waals surface area contributed by atoms with Crippen LogP contribution in [0.1, 0.15) is 40.2 Å². The smallest absolute Gasteiger partial charge is 0.256 e. The van der Waals surface area contributed by atoms with Gasteiger partial charge in [-0.2, -0.15) is 0 Å². The van der Waals surface area contributed by atoms with Gasteiger partial charge < -0.3 is 15.6 Å². The molecule has 1 aromatic carbocycles. The monoisotopic (exact) mass is 424 g/mol. The van der Waals surface area contributed by atoms with Gasteiger partial charge in [0.1, 0.15) is 5.82 Å². The van der Waals surface area contributed by atoms with Crippen molar-refractivity contribution in [2.75, 3.05) is 13.1 Å². The average Bonchev–Trinajstić information content (AvgIpc) is 3.12. The van der Waals surface area contributed by atoms with Crippen LogP contribution in [-0.2, 0) is 6.54 Å². The van der Waals surface area contributed by atoms with E-state index >= 15 is 0 Å². The number of hydrogen-bond donors (Lipinski definition) is 2. The number of rotatable bonds is 3. The Kier molecular flexibility index (Phi) is 7.41. The maximum Gasteiger partial charge on any atom is 0.256 e. The quantitative estimate of drug-likeness (QED) is 0.666. The van der Waals surface area contributed by atoms with Crippen molar-refractivity contribution in [3.63, 3.8) is 0 Å². The lowest BCUT2D eigenvalue weighted by molar-refractivity contribution is 0.0714. The van der Waals surface area contributed by atoms with Gasteiger partial charge >= 0.3 is 0 Å². The van der Waals surface area contributed by atoms with E-state index in [2.05, 4.69) is 9.97 Å². The second kappa shape index (κ2) is 9.37. The minimum atomic E-state index is -0.184. The SMILES string of the molecule is Cl.Cl.NCc1ccc(F)c(C2CCN(C(=O)c3c[nH]c4cnccc34)CC2)c1. The molecule has 0 radical (unpaired) electrons. The molecule has 3 aromatic rings. The third-order valence-electron chi connectivity index (χ3n) is 5.23. The van der Waals surface area contributed by atoms with E-state index in [1.54, 1.807) is 24.7 Å². The number of H-pyrrole nitrogens is 1. The molecule has 0 unspecified atom stereocenters. The van der Waals surface area contributed by atoms with Crippen molar-refractivity contribution >= 4 is 41.6 Å². The van der Waals surface area contributed by atoms with Crippen LogP contribution in [0.4, 0.5) is 4.39 Å². The number of halogens is 3. The number of piperidine rings is 1. The molecule has 1 fully saturated rings. The number of nitrogens with one attached hydrogen (secondary N) is 1. The number of hydrogen-bond acceptors (Lipinski definition) is 3. The van der Waals surface area contributed by atoms with E-state index in [4.69, 9.17) is 5.73 Å². The van der Waals surface area contributed by atoms with E-state index in [9.17, 15) is 9.18 Å². The second-order valence-electron chi connectivity index (χ2n) is 6.75. The number of nitrogens with zero attached hydrogens (tertiary/aromatic N) is 2.